The van der Waals surface area contributed by atoms with Crippen molar-refractivity contribution < 1.29 is 0 Å². The van der Waals surface area contributed by atoms with Crippen LogP contribution in [-0.2, 0) is 0 Å². The molecule has 80 valence electrons. The number of aliphatic imine (C=N–C) groups is 1. The Hall–Kier alpha value is -0.930. The summed E-state index contributed by atoms with van der Waals surface area (Å²) >= 11 is 11.7. The zero-order valence-electron chi connectivity index (χ0n) is 8.06. The third kappa shape index (κ3) is 2.76. The van der Waals surface area contributed by atoms with E-state index < -0.39 is 0 Å². The first-order valence-corrected chi connectivity index (χ1v) is 5.47. The number of nitrogens with zero attached hydrogens (tertiary/aromatic N) is 1. The molecule has 2 rings (SSSR count). The summed E-state index contributed by atoms with van der Waals surface area (Å²) in [5.74, 6) is 0.987. The van der Waals surface area contributed by atoms with Gasteiger partial charge in [0.1, 0.15) is 5.84 Å². The van der Waals surface area contributed by atoms with E-state index in [0.717, 1.165) is 24.6 Å². The molecule has 0 amide bonds. The molecule has 15 heavy (non-hydrogen) atoms. The number of hydrogen-bond acceptors (Lipinski definition) is 3. The SMILES string of the molecule is Clc1ccc(NCC2=NCCN2)cc1Cl. The molecule has 5 heteroatoms. The minimum Gasteiger partial charge on any atom is -0.378 e. The van der Waals surface area contributed by atoms with E-state index in [0.29, 0.717) is 16.6 Å². The molecule has 0 bridgehead atoms. The van der Waals surface area contributed by atoms with Crippen LogP contribution < -0.4 is 10.6 Å². The summed E-state index contributed by atoms with van der Waals surface area (Å²) in [4.78, 5) is 4.27. The van der Waals surface area contributed by atoms with Gasteiger partial charge in [-0.3, -0.25) is 4.99 Å². The maximum absolute atomic E-state index is 5.89. The van der Waals surface area contributed by atoms with Gasteiger partial charge in [-0.15, -0.1) is 0 Å². The molecule has 1 aromatic carbocycles. The van der Waals surface area contributed by atoms with Crippen LogP contribution in [-0.4, -0.2) is 25.5 Å². The van der Waals surface area contributed by atoms with Crippen LogP contribution in [0.3, 0.4) is 0 Å². The molecule has 1 heterocycles. The first-order valence-electron chi connectivity index (χ1n) is 4.72. The van der Waals surface area contributed by atoms with Crippen LogP contribution in [0.4, 0.5) is 5.69 Å². The predicted molar refractivity (Wildman–Crippen MR) is 65.3 cm³/mol. The van der Waals surface area contributed by atoms with Crippen molar-refractivity contribution >= 4 is 34.7 Å². The Bertz CT molecular complexity index is 390. The van der Waals surface area contributed by atoms with Gasteiger partial charge >= 0.3 is 0 Å². The van der Waals surface area contributed by atoms with E-state index in [1.54, 1.807) is 12.1 Å². The third-order valence-electron chi connectivity index (χ3n) is 2.12. The van der Waals surface area contributed by atoms with E-state index in [1.807, 2.05) is 6.07 Å². The Kier molecular flexibility index (Phi) is 3.34. The number of rotatable bonds is 3. The molecule has 0 unspecified atom stereocenters. The van der Waals surface area contributed by atoms with Crippen molar-refractivity contribution in [2.45, 2.75) is 0 Å². The summed E-state index contributed by atoms with van der Waals surface area (Å²) in [7, 11) is 0. The summed E-state index contributed by atoms with van der Waals surface area (Å²) in [6.45, 7) is 2.48. The average Bonchev–Trinajstić information content (AvgIpc) is 2.73. The van der Waals surface area contributed by atoms with Gasteiger partial charge in [0.05, 0.1) is 23.1 Å². The fourth-order valence-corrected chi connectivity index (χ4v) is 1.66. The lowest BCUT2D eigenvalue weighted by atomic mass is 10.3. The molecule has 1 aliphatic rings. The van der Waals surface area contributed by atoms with E-state index >= 15 is 0 Å². The number of amidine groups is 1. The Morgan fingerprint density at radius 3 is 2.87 bits per heavy atom. The van der Waals surface area contributed by atoms with Gasteiger partial charge in [-0.1, -0.05) is 23.2 Å². The van der Waals surface area contributed by atoms with E-state index in [4.69, 9.17) is 23.2 Å². The van der Waals surface area contributed by atoms with Crippen molar-refractivity contribution in [3.05, 3.63) is 28.2 Å². The summed E-state index contributed by atoms with van der Waals surface area (Å²) in [6.07, 6.45) is 0. The van der Waals surface area contributed by atoms with Crippen LogP contribution in [0, 0.1) is 0 Å². The van der Waals surface area contributed by atoms with Crippen molar-refractivity contribution in [3.63, 3.8) is 0 Å². The van der Waals surface area contributed by atoms with Crippen LogP contribution in [0.2, 0.25) is 10.0 Å². The number of benzene rings is 1. The van der Waals surface area contributed by atoms with Crippen molar-refractivity contribution in [3.8, 4) is 0 Å². The van der Waals surface area contributed by atoms with E-state index in [9.17, 15) is 0 Å². The van der Waals surface area contributed by atoms with Gasteiger partial charge in [-0.25, -0.2) is 0 Å². The van der Waals surface area contributed by atoms with Gasteiger partial charge in [-0.05, 0) is 18.2 Å². The topological polar surface area (TPSA) is 36.4 Å². The van der Waals surface area contributed by atoms with Crippen LogP contribution in [0.1, 0.15) is 0 Å². The lowest BCUT2D eigenvalue weighted by Crippen LogP contribution is -2.26. The highest BCUT2D eigenvalue weighted by Crippen LogP contribution is 2.24. The van der Waals surface area contributed by atoms with Gasteiger partial charge in [0, 0.05) is 12.2 Å². The molecule has 3 nitrogen and oxygen atoms in total. The first-order chi connectivity index (χ1) is 7.25. The summed E-state index contributed by atoms with van der Waals surface area (Å²) in [5.41, 5.74) is 0.945. The van der Waals surface area contributed by atoms with Crippen molar-refractivity contribution in [2.24, 2.45) is 4.99 Å². The summed E-state index contributed by atoms with van der Waals surface area (Å²) < 4.78 is 0. The highest BCUT2D eigenvalue weighted by molar-refractivity contribution is 6.42. The van der Waals surface area contributed by atoms with E-state index in [2.05, 4.69) is 15.6 Å². The second-order valence-electron chi connectivity index (χ2n) is 3.24. The van der Waals surface area contributed by atoms with Crippen molar-refractivity contribution in [2.75, 3.05) is 25.0 Å². The van der Waals surface area contributed by atoms with Crippen molar-refractivity contribution in [1.29, 1.82) is 0 Å². The van der Waals surface area contributed by atoms with Crippen LogP contribution in [0.5, 0.6) is 0 Å². The minimum atomic E-state index is 0.558. The molecule has 0 aromatic heterocycles. The number of nitrogens with one attached hydrogen (secondary N) is 2. The van der Waals surface area contributed by atoms with Crippen LogP contribution in [0.25, 0.3) is 0 Å². The predicted octanol–water partition coefficient (Wildman–Crippen LogP) is 2.41. The highest BCUT2D eigenvalue weighted by atomic mass is 35.5. The van der Waals surface area contributed by atoms with Gasteiger partial charge in [0.2, 0.25) is 0 Å². The fraction of sp³-hybridized carbons (Fsp3) is 0.300. The minimum absolute atomic E-state index is 0.558. The molecule has 0 radical (unpaired) electrons. The first kappa shape index (κ1) is 10.6. The zero-order valence-corrected chi connectivity index (χ0v) is 9.57. The van der Waals surface area contributed by atoms with E-state index in [1.165, 1.54) is 0 Å². The Morgan fingerprint density at radius 1 is 1.33 bits per heavy atom. The molecule has 0 spiro atoms. The van der Waals surface area contributed by atoms with Gasteiger partial charge in [-0.2, -0.15) is 0 Å². The maximum atomic E-state index is 5.89. The fourth-order valence-electron chi connectivity index (χ4n) is 1.36. The maximum Gasteiger partial charge on any atom is 0.116 e. The molecule has 0 atom stereocenters. The van der Waals surface area contributed by atoms with Crippen LogP contribution >= 0.6 is 23.2 Å². The molecule has 0 saturated carbocycles. The zero-order chi connectivity index (χ0) is 10.7. The van der Waals surface area contributed by atoms with Gasteiger partial charge in [0.25, 0.3) is 0 Å². The molecule has 2 N–H and O–H groups in total. The molecule has 1 aromatic rings. The number of hydrogen-bond donors (Lipinski definition) is 2. The standard InChI is InChI=1S/C10H11Cl2N3/c11-8-2-1-7(5-9(8)12)15-6-10-13-3-4-14-10/h1-2,5,15H,3-4,6H2,(H,13,14). The molecular weight excluding hydrogens is 233 g/mol. The summed E-state index contributed by atoms with van der Waals surface area (Å²) in [6, 6.07) is 5.47. The second-order valence-corrected chi connectivity index (χ2v) is 4.05. The molecule has 0 aliphatic carbocycles. The molecular formula is C10H11Cl2N3. The average molecular weight is 244 g/mol. The summed E-state index contributed by atoms with van der Waals surface area (Å²) in [5, 5.41) is 7.53. The van der Waals surface area contributed by atoms with Gasteiger partial charge < -0.3 is 10.6 Å². The van der Waals surface area contributed by atoms with E-state index in [-0.39, 0.29) is 0 Å². The molecule has 0 saturated heterocycles. The van der Waals surface area contributed by atoms with Gasteiger partial charge in [0.15, 0.2) is 0 Å². The normalized spacial score (nSPS) is 14.7. The molecule has 0 fully saturated rings. The van der Waals surface area contributed by atoms with Crippen molar-refractivity contribution in [1.82, 2.24) is 5.32 Å². The Balaban J connectivity index is 1.96. The largest absolute Gasteiger partial charge is 0.378 e. The smallest absolute Gasteiger partial charge is 0.116 e. The highest BCUT2D eigenvalue weighted by Gasteiger charge is 2.04. The monoisotopic (exact) mass is 243 g/mol. The number of anilines is 1. The van der Waals surface area contributed by atoms with Crippen LogP contribution in [0.15, 0.2) is 23.2 Å². The lowest BCUT2D eigenvalue weighted by molar-refractivity contribution is 0.956. The Labute approximate surface area is 98.5 Å². The number of halogens is 2. The molecule has 1 aliphatic heterocycles. The lowest BCUT2D eigenvalue weighted by Gasteiger charge is -2.07. The second kappa shape index (κ2) is 4.73. The third-order valence-corrected chi connectivity index (χ3v) is 2.86. The Morgan fingerprint density at radius 2 is 2.20 bits per heavy atom. The quantitative estimate of drug-likeness (QED) is 0.856.